The van der Waals surface area contributed by atoms with E-state index in [0.29, 0.717) is 11.3 Å². The number of hydrazone groups is 1. The Hall–Kier alpha value is -2.08. The molecule has 98 valence electrons. The minimum absolute atomic E-state index is 0.00373. The number of hydrogen-bond donors (Lipinski definition) is 3. The van der Waals surface area contributed by atoms with Crippen molar-refractivity contribution in [3.63, 3.8) is 0 Å². The summed E-state index contributed by atoms with van der Waals surface area (Å²) in [5.41, 5.74) is 2.95. The minimum Gasteiger partial charge on any atom is -0.504 e. The highest BCUT2D eigenvalue weighted by Crippen LogP contribution is 2.25. The number of aliphatic hydroxyl groups is 1. The normalized spacial score (nSPS) is 12.4. The number of aliphatic hydroxyl groups excluding tert-OH is 1. The highest BCUT2D eigenvalue weighted by Gasteiger charge is 2.04. The third-order valence-electron chi connectivity index (χ3n) is 2.09. The van der Waals surface area contributed by atoms with E-state index in [1.165, 1.54) is 26.3 Å². The fourth-order valence-electron chi connectivity index (χ4n) is 1.27. The van der Waals surface area contributed by atoms with Gasteiger partial charge in [0.15, 0.2) is 11.5 Å². The number of nitrogens with one attached hydrogen (secondary N) is 1. The summed E-state index contributed by atoms with van der Waals surface area (Å²) in [6.45, 7) is 1.52. The molecule has 0 spiro atoms. The van der Waals surface area contributed by atoms with Crippen LogP contribution < -0.4 is 10.2 Å². The number of carbonyl (C=O) groups excluding carboxylic acids is 1. The SMILES string of the molecule is COc1cc(/C=N\NC(=O)C[C@H](C)O)ccc1O. The Kier molecular flexibility index (Phi) is 5.13. The Bertz CT molecular complexity index is 444. The summed E-state index contributed by atoms with van der Waals surface area (Å²) in [6.07, 6.45) is 0.715. The largest absolute Gasteiger partial charge is 0.504 e. The van der Waals surface area contributed by atoms with E-state index in [-0.39, 0.29) is 18.1 Å². The predicted octanol–water partition coefficient (Wildman–Crippen LogP) is 0.622. The van der Waals surface area contributed by atoms with Crippen LogP contribution in [-0.4, -0.2) is 35.5 Å². The van der Waals surface area contributed by atoms with Crippen LogP contribution in [0.4, 0.5) is 0 Å². The zero-order valence-electron chi connectivity index (χ0n) is 10.3. The lowest BCUT2D eigenvalue weighted by atomic mass is 10.2. The first-order chi connectivity index (χ1) is 8.52. The summed E-state index contributed by atoms with van der Waals surface area (Å²) in [6, 6.07) is 4.68. The molecule has 1 rings (SSSR count). The highest BCUT2D eigenvalue weighted by atomic mass is 16.5. The number of methoxy groups -OCH3 is 1. The van der Waals surface area contributed by atoms with Crippen molar-refractivity contribution in [2.75, 3.05) is 7.11 Å². The van der Waals surface area contributed by atoms with Crippen LogP contribution in [0.1, 0.15) is 18.9 Å². The number of ether oxygens (including phenoxy) is 1. The zero-order chi connectivity index (χ0) is 13.5. The second kappa shape index (κ2) is 6.61. The van der Waals surface area contributed by atoms with Crippen LogP contribution >= 0.6 is 0 Å². The number of benzene rings is 1. The number of nitrogens with zero attached hydrogens (tertiary/aromatic N) is 1. The third-order valence-corrected chi connectivity index (χ3v) is 2.09. The zero-order valence-corrected chi connectivity index (χ0v) is 10.3. The van der Waals surface area contributed by atoms with Gasteiger partial charge in [-0.2, -0.15) is 5.10 Å². The molecule has 0 aliphatic rings. The molecule has 6 heteroatoms. The lowest BCUT2D eigenvalue weighted by Gasteiger charge is -2.04. The van der Waals surface area contributed by atoms with Crippen LogP contribution in [0, 0.1) is 0 Å². The van der Waals surface area contributed by atoms with Crippen molar-refractivity contribution in [3.8, 4) is 11.5 Å². The van der Waals surface area contributed by atoms with Gasteiger partial charge in [0.1, 0.15) is 0 Å². The Labute approximate surface area is 105 Å². The monoisotopic (exact) mass is 252 g/mol. The molecule has 0 radical (unpaired) electrons. The van der Waals surface area contributed by atoms with Gasteiger partial charge in [-0.3, -0.25) is 4.79 Å². The number of hydrogen-bond acceptors (Lipinski definition) is 5. The molecule has 18 heavy (non-hydrogen) atoms. The van der Waals surface area contributed by atoms with Crippen molar-refractivity contribution in [3.05, 3.63) is 23.8 Å². The van der Waals surface area contributed by atoms with Gasteiger partial charge in [-0.15, -0.1) is 0 Å². The van der Waals surface area contributed by atoms with Crippen molar-refractivity contribution >= 4 is 12.1 Å². The van der Waals surface area contributed by atoms with E-state index < -0.39 is 6.10 Å². The topological polar surface area (TPSA) is 91.2 Å². The second-order valence-corrected chi connectivity index (χ2v) is 3.78. The van der Waals surface area contributed by atoms with Crippen molar-refractivity contribution in [1.29, 1.82) is 0 Å². The second-order valence-electron chi connectivity index (χ2n) is 3.78. The quantitative estimate of drug-likeness (QED) is 0.529. The van der Waals surface area contributed by atoms with Crippen molar-refractivity contribution < 1.29 is 19.7 Å². The van der Waals surface area contributed by atoms with Gasteiger partial charge < -0.3 is 14.9 Å². The van der Waals surface area contributed by atoms with Gasteiger partial charge in [0.05, 0.1) is 25.8 Å². The first-order valence-corrected chi connectivity index (χ1v) is 5.40. The Morgan fingerprint density at radius 2 is 2.33 bits per heavy atom. The number of phenols is 1. The number of aromatic hydroxyl groups is 1. The molecule has 0 saturated heterocycles. The summed E-state index contributed by atoms with van der Waals surface area (Å²) < 4.78 is 4.93. The lowest BCUT2D eigenvalue weighted by molar-refractivity contribution is -0.122. The maximum atomic E-state index is 11.2. The summed E-state index contributed by atoms with van der Waals surface area (Å²) >= 11 is 0. The molecule has 0 bridgehead atoms. The van der Waals surface area contributed by atoms with E-state index in [2.05, 4.69) is 10.5 Å². The molecule has 0 aliphatic heterocycles. The molecule has 6 nitrogen and oxygen atoms in total. The van der Waals surface area contributed by atoms with Crippen molar-refractivity contribution in [2.45, 2.75) is 19.4 Å². The number of amides is 1. The van der Waals surface area contributed by atoms with Gasteiger partial charge in [-0.05, 0) is 30.7 Å². The Morgan fingerprint density at radius 1 is 1.61 bits per heavy atom. The van der Waals surface area contributed by atoms with Crippen LogP contribution in [0.2, 0.25) is 0 Å². The van der Waals surface area contributed by atoms with E-state index in [1.807, 2.05) is 0 Å². The van der Waals surface area contributed by atoms with E-state index in [9.17, 15) is 9.90 Å². The number of rotatable bonds is 5. The summed E-state index contributed by atoms with van der Waals surface area (Å²) in [4.78, 5) is 11.2. The fourth-order valence-corrected chi connectivity index (χ4v) is 1.27. The van der Waals surface area contributed by atoms with Crippen molar-refractivity contribution in [1.82, 2.24) is 5.43 Å². The summed E-state index contributed by atoms with van der Waals surface area (Å²) in [7, 11) is 1.44. The van der Waals surface area contributed by atoms with E-state index in [0.717, 1.165) is 0 Å². The van der Waals surface area contributed by atoms with Crippen LogP contribution in [0.3, 0.4) is 0 Å². The molecule has 0 unspecified atom stereocenters. The molecule has 1 aromatic carbocycles. The van der Waals surface area contributed by atoms with Gasteiger partial charge in [0, 0.05) is 0 Å². The van der Waals surface area contributed by atoms with Crippen LogP contribution in [-0.2, 0) is 4.79 Å². The fraction of sp³-hybridized carbons (Fsp3) is 0.333. The third kappa shape index (κ3) is 4.42. The number of phenolic OH excluding ortho intramolecular Hbond substituents is 1. The first-order valence-electron chi connectivity index (χ1n) is 5.40. The summed E-state index contributed by atoms with van der Waals surface area (Å²) in [5.74, 6) is -0.00552. The Balaban J connectivity index is 2.59. The lowest BCUT2D eigenvalue weighted by Crippen LogP contribution is -2.21. The molecule has 0 heterocycles. The molecule has 1 aromatic rings. The first kappa shape index (κ1) is 14.0. The van der Waals surface area contributed by atoms with Gasteiger partial charge in [-0.25, -0.2) is 5.43 Å². The van der Waals surface area contributed by atoms with Gasteiger partial charge in [0.2, 0.25) is 5.91 Å². The van der Waals surface area contributed by atoms with E-state index in [4.69, 9.17) is 9.84 Å². The Morgan fingerprint density at radius 3 is 2.94 bits per heavy atom. The molecular formula is C12H16N2O4. The van der Waals surface area contributed by atoms with Crippen molar-refractivity contribution in [2.24, 2.45) is 5.10 Å². The average molecular weight is 252 g/mol. The molecule has 1 atom stereocenters. The van der Waals surface area contributed by atoms with Gasteiger partial charge >= 0.3 is 0 Å². The average Bonchev–Trinajstić information content (AvgIpc) is 2.30. The molecule has 0 aromatic heterocycles. The molecule has 1 amide bonds. The maximum Gasteiger partial charge on any atom is 0.242 e. The van der Waals surface area contributed by atoms with Crippen LogP contribution in [0.15, 0.2) is 23.3 Å². The van der Waals surface area contributed by atoms with Crippen LogP contribution in [0.5, 0.6) is 11.5 Å². The highest BCUT2D eigenvalue weighted by molar-refractivity contribution is 5.83. The van der Waals surface area contributed by atoms with E-state index in [1.54, 1.807) is 12.1 Å². The van der Waals surface area contributed by atoms with Gasteiger partial charge in [0.25, 0.3) is 0 Å². The standard InChI is InChI=1S/C12H16N2O4/c1-8(15)5-12(17)14-13-7-9-3-4-10(16)11(6-9)18-2/h3-4,6-8,15-16H,5H2,1-2H3,(H,14,17)/b13-7-/t8-/m0/s1. The molecular weight excluding hydrogens is 236 g/mol. The smallest absolute Gasteiger partial charge is 0.242 e. The van der Waals surface area contributed by atoms with Gasteiger partial charge in [-0.1, -0.05) is 0 Å². The maximum absolute atomic E-state index is 11.2. The van der Waals surface area contributed by atoms with Crippen LogP contribution in [0.25, 0.3) is 0 Å². The summed E-state index contributed by atoms with van der Waals surface area (Å²) in [5, 5.41) is 22.1. The minimum atomic E-state index is -0.700. The molecule has 3 N–H and O–H groups in total. The molecule has 0 saturated carbocycles. The molecule has 0 fully saturated rings. The van der Waals surface area contributed by atoms with E-state index >= 15 is 0 Å². The predicted molar refractivity (Wildman–Crippen MR) is 66.7 cm³/mol. The molecule has 0 aliphatic carbocycles. The number of carbonyl (C=O) groups is 1.